The number of benzene rings is 1. The van der Waals surface area contributed by atoms with Crippen molar-refractivity contribution in [2.45, 2.75) is 52.2 Å². The summed E-state index contributed by atoms with van der Waals surface area (Å²) in [5.74, 6) is 1.15. The van der Waals surface area contributed by atoms with Crippen LogP contribution in [0.15, 0.2) is 17.0 Å². The second-order valence-electron chi connectivity index (χ2n) is 9.47. The molecule has 0 bridgehead atoms. The average molecular weight is 552 g/mol. The smallest absolute Gasteiger partial charge is 0.410 e. The van der Waals surface area contributed by atoms with Crippen molar-refractivity contribution in [3.05, 3.63) is 38.7 Å². The third-order valence-corrected chi connectivity index (χ3v) is 6.94. The van der Waals surface area contributed by atoms with Crippen molar-refractivity contribution in [3.63, 3.8) is 0 Å². The highest BCUT2D eigenvalue weighted by Crippen LogP contribution is 2.44. The zero-order valence-electron chi connectivity index (χ0n) is 20.0. The fourth-order valence-corrected chi connectivity index (χ4v) is 5.06. The Hall–Kier alpha value is -2.59. The zero-order chi connectivity index (χ0) is 24.9. The minimum atomic E-state index is -0.539. The predicted octanol–water partition coefficient (Wildman–Crippen LogP) is 5.09. The van der Waals surface area contributed by atoms with Crippen LogP contribution in [0.2, 0.25) is 5.02 Å². The lowest BCUT2D eigenvalue weighted by Crippen LogP contribution is -2.50. The molecule has 1 aliphatic rings. The van der Waals surface area contributed by atoms with Gasteiger partial charge in [-0.25, -0.2) is 19.4 Å². The van der Waals surface area contributed by atoms with Crippen LogP contribution in [0.25, 0.3) is 11.0 Å². The van der Waals surface area contributed by atoms with Gasteiger partial charge in [0.2, 0.25) is 0 Å². The van der Waals surface area contributed by atoms with Crippen molar-refractivity contribution >= 4 is 50.5 Å². The summed E-state index contributed by atoms with van der Waals surface area (Å²) in [6, 6.07) is 1.64. The maximum Gasteiger partial charge on any atom is 0.410 e. The highest BCUT2D eigenvalue weighted by atomic mass is 79.9. The lowest BCUT2D eigenvalue weighted by Gasteiger charge is -2.41. The van der Waals surface area contributed by atoms with E-state index < -0.39 is 5.60 Å². The van der Waals surface area contributed by atoms with Gasteiger partial charge in [0.15, 0.2) is 5.65 Å². The van der Waals surface area contributed by atoms with Crippen LogP contribution in [0.5, 0.6) is 5.75 Å². The van der Waals surface area contributed by atoms with Gasteiger partial charge in [0.1, 0.15) is 28.1 Å². The summed E-state index contributed by atoms with van der Waals surface area (Å²) < 4.78 is 13.8. The number of hydrogen-bond donors (Lipinski definition) is 1. The van der Waals surface area contributed by atoms with Crippen LogP contribution in [0.3, 0.4) is 0 Å². The van der Waals surface area contributed by atoms with Crippen molar-refractivity contribution in [1.29, 1.82) is 0 Å². The first-order valence-electron chi connectivity index (χ1n) is 10.9. The quantitative estimate of drug-likeness (QED) is 0.481. The number of fused-ring (bicyclic) bond motifs is 1. The Kier molecular flexibility index (Phi) is 6.41. The van der Waals surface area contributed by atoms with E-state index in [1.54, 1.807) is 16.7 Å². The number of nitrogens with zero attached hydrogens (tertiary/aromatic N) is 5. The molecule has 3 aromatic rings. The standard InChI is InChI=1S/C23H28BrClN6O3/c1-11-15(25)7-14(12(2)31-21-17(19(24)29-31)20(26)27-10-28-21)18(33-6)16(11)13-8-30(9-13)22(32)34-23(3,4)5/h7,10,12-13H,8-9H2,1-6H3,(H2,26,27,28). The van der Waals surface area contributed by atoms with Crippen LogP contribution in [-0.4, -0.2) is 56.5 Å². The molecule has 0 saturated carbocycles. The summed E-state index contributed by atoms with van der Waals surface area (Å²) in [6.07, 6.45) is 1.10. The Bertz CT molecular complexity index is 1270. The highest BCUT2D eigenvalue weighted by Gasteiger charge is 2.38. The Morgan fingerprint density at radius 2 is 2.00 bits per heavy atom. The van der Waals surface area contributed by atoms with Crippen LogP contribution in [0.4, 0.5) is 10.6 Å². The first-order chi connectivity index (χ1) is 15.9. The van der Waals surface area contributed by atoms with Gasteiger partial charge in [-0.05, 0) is 62.2 Å². The van der Waals surface area contributed by atoms with Crippen molar-refractivity contribution in [3.8, 4) is 5.75 Å². The van der Waals surface area contributed by atoms with E-state index in [4.69, 9.17) is 26.8 Å². The molecular formula is C23H28BrClN6O3. The van der Waals surface area contributed by atoms with Crippen LogP contribution < -0.4 is 10.5 Å². The van der Waals surface area contributed by atoms with E-state index in [-0.39, 0.29) is 18.1 Å². The molecule has 1 unspecified atom stereocenters. The maximum atomic E-state index is 12.4. The van der Waals surface area contributed by atoms with Gasteiger partial charge in [0, 0.05) is 35.2 Å². The number of carbonyl (C=O) groups is 1. The number of amides is 1. The molecule has 3 heterocycles. The van der Waals surface area contributed by atoms with E-state index in [9.17, 15) is 4.79 Å². The predicted molar refractivity (Wildman–Crippen MR) is 135 cm³/mol. The van der Waals surface area contributed by atoms with Crippen LogP contribution in [0, 0.1) is 6.92 Å². The summed E-state index contributed by atoms with van der Waals surface area (Å²) in [5, 5.41) is 5.89. The fourth-order valence-electron chi connectivity index (χ4n) is 4.29. The summed E-state index contributed by atoms with van der Waals surface area (Å²) in [7, 11) is 1.64. The van der Waals surface area contributed by atoms with Gasteiger partial charge in [-0.2, -0.15) is 5.10 Å². The summed E-state index contributed by atoms with van der Waals surface area (Å²) >= 11 is 10.2. The SMILES string of the molecule is COc1c(C(C)n2nc(Br)c3c(N)ncnc32)cc(Cl)c(C)c1C1CN(C(=O)OC(C)(C)C)C1. The maximum absolute atomic E-state index is 12.4. The Balaban J connectivity index is 1.71. The first-order valence-corrected chi connectivity index (χ1v) is 12.1. The monoisotopic (exact) mass is 550 g/mol. The van der Waals surface area contributed by atoms with E-state index in [0.29, 0.717) is 39.6 Å². The molecule has 9 nitrogen and oxygen atoms in total. The van der Waals surface area contributed by atoms with Crippen molar-refractivity contribution < 1.29 is 14.3 Å². The van der Waals surface area contributed by atoms with Gasteiger partial charge < -0.3 is 20.1 Å². The molecule has 34 heavy (non-hydrogen) atoms. The number of methoxy groups -OCH3 is 1. The largest absolute Gasteiger partial charge is 0.496 e. The van der Waals surface area contributed by atoms with Crippen molar-refractivity contribution in [1.82, 2.24) is 24.6 Å². The molecule has 4 rings (SSSR count). The molecule has 0 radical (unpaired) electrons. The highest BCUT2D eigenvalue weighted by molar-refractivity contribution is 9.10. The van der Waals surface area contributed by atoms with E-state index >= 15 is 0 Å². The topological polar surface area (TPSA) is 108 Å². The van der Waals surface area contributed by atoms with Crippen LogP contribution in [-0.2, 0) is 4.74 Å². The molecule has 2 aromatic heterocycles. The van der Waals surface area contributed by atoms with Gasteiger partial charge in [0.25, 0.3) is 0 Å². The number of aromatic nitrogens is 4. The van der Waals surface area contributed by atoms with Crippen molar-refractivity contribution in [2.75, 3.05) is 25.9 Å². The molecule has 182 valence electrons. The van der Waals surface area contributed by atoms with Crippen LogP contribution in [0.1, 0.15) is 56.3 Å². The Labute approximate surface area is 211 Å². The van der Waals surface area contributed by atoms with Gasteiger partial charge in [0.05, 0.1) is 18.5 Å². The lowest BCUT2D eigenvalue weighted by atomic mass is 9.85. The zero-order valence-corrected chi connectivity index (χ0v) is 22.4. The van der Waals surface area contributed by atoms with Gasteiger partial charge >= 0.3 is 6.09 Å². The van der Waals surface area contributed by atoms with Gasteiger partial charge in [-0.15, -0.1) is 0 Å². The Morgan fingerprint density at radius 3 is 2.62 bits per heavy atom. The Morgan fingerprint density at radius 1 is 1.32 bits per heavy atom. The summed E-state index contributed by atoms with van der Waals surface area (Å²) in [5.41, 5.74) is 8.89. The molecule has 1 saturated heterocycles. The van der Waals surface area contributed by atoms with Gasteiger partial charge in [-0.1, -0.05) is 11.6 Å². The minimum Gasteiger partial charge on any atom is -0.496 e. The van der Waals surface area contributed by atoms with Crippen molar-refractivity contribution in [2.24, 2.45) is 0 Å². The summed E-state index contributed by atoms with van der Waals surface area (Å²) in [4.78, 5) is 22.6. The normalized spacial score (nSPS) is 15.4. The van der Waals surface area contributed by atoms with Gasteiger partial charge in [-0.3, -0.25) is 0 Å². The molecular weight excluding hydrogens is 524 g/mol. The molecule has 2 N–H and O–H groups in total. The second kappa shape index (κ2) is 8.88. The molecule has 0 spiro atoms. The summed E-state index contributed by atoms with van der Waals surface area (Å²) in [6.45, 7) is 10.6. The number of halogens is 2. The van der Waals surface area contributed by atoms with E-state index in [1.165, 1.54) is 6.33 Å². The number of nitrogens with two attached hydrogens (primary N) is 1. The first kappa shape index (κ1) is 24.5. The number of likely N-dealkylation sites (tertiary alicyclic amines) is 1. The minimum absolute atomic E-state index is 0.0752. The number of anilines is 1. The molecule has 1 atom stereocenters. The third kappa shape index (κ3) is 4.29. The van der Waals surface area contributed by atoms with E-state index in [1.807, 2.05) is 40.7 Å². The molecule has 1 aliphatic heterocycles. The molecule has 1 amide bonds. The number of rotatable bonds is 4. The average Bonchev–Trinajstić information content (AvgIpc) is 3.05. The third-order valence-electron chi connectivity index (χ3n) is 5.99. The number of ether oxygens (including phenoxy) is 2. The molecule has 1 fully saturated rings. The molecule has 0 aliphatic carbocycles. The lowest BCUT2D eigenvalue weighted by molar-refractivity contribution is 0.00793. The van der Waals surface area contributed by atoms with Crippen LogP contribution >= 0.6 is 27.5 Å². The van der Waals surface area contributed by atoms with E-state index in [2.05, 4.69) is 31.0 Å². The molecule has 11 heteroatoms. The number of nitrogen functional groups attached to an aromatic ring is 1. The molecule has 1 aromatic carbocycles. The number of carbonyl (C=O) groups excluding carboxylic acids is 1. The van der Waals surface area contributed by atoms with E-state index in [0.717, 1.165) is 22.4 Å². The second-order valence-corrected chi connectivity index (χ2v) is 10.6. The number of hydrogen-bond acceptors (Lipinski definition) is 7. The fraction of sp³-hybridized carbons (Fsp3) is 0.478.